The Morgan fingerprint density at radius 1 is 1.36 bits per heavy atom. The molecule has 1 heterocycles. The maximum absolute atomic E-state index is 5.80. The molecule has 56 valence electrons. The molecule has 0 saturated heterocycles. The first kappa shape index (κ1) is 6.95. The normalized spacial score (nSPS) is 10.6. The summed E-state index contributed by atoms with van der Waals surface area (Å²) in [5, 5.41) is 3.73. The number of nitrogen functional groups attached to an aromatic ring is 1. The molecule has 1 aromatic heterocycles. The van der Waals surface area contributed by atoms with Crippen LogP contribution in [-0.2, 0) is 0 Å². The molecule has 0 bridgehead atoms. The molecule has 2 rings (SSSR count). The highest BCUT2D eigenvalue weighted by molar-refractivity contribution is 7.17. The highest BCUT2D eigenvalue weighted by Gasteiger charge is 1.99. The predicted molar refractivity (Wildman–Crippen MR) is 51.2 cm³/mol. The molecule has 0 spiro atoms. The molecule has 11 heavy (non-hydrogen) atoms. The highest BCUT2D eigenvalue weighted by atomic mass is 35.5. The SMILES string of the molecule is Nc1csc2ccc(Cl)cc12. The number of thiophene rings is 1. The summed E-state index contributed by atoms with van der Waals surface area (Å²) < 4.78 is 1.19. The van der Waals surface area contributed by atoms with Crippen LogP contribution in [0.5, 0.6) is 0 Å². The van der Waals surface area contributed by atoms with E-state index < -0.39 is 0 Å². The second-order valence-electron chi connectivity index (χ2n) is 2.33. The molecular formula is C8H6ClNS. The summed E-state index contributed by atoms with van der Waals surface area (Å²) >= 11 is 7.44. The van der Waals surface area contributed by atoms with Gasteiger partial charge in [0.05, 0.1) is 5.69 Å². The third-order valence-electron chi connectivity index (χ3n) is 1.57. The Kier molecular flexibility index (Phi) is 1.51. The first-order valence-corrected chi connectivity index (χ1v) is 4.45. The van der Waals surface area contributed by atoms with Gasteiger partial charge in [0.1, 0.15) is 0 Å². The van der Waals surface area contributed by atoms with Crippen LogP contribution in [0.1, 0.15) is 0 Å². The van der Waals surface area contributed by atoms with Gasteiger partial charge in [-0.2, -0.15) is 0 Å². The van der Waals surface area contributed by atoms with Gasteiger partial charge < -0.3 is 5.73 Å². The maximum atomic E-state index is 5.80. The Balaban J connectivity index is 2.87. The van der Waals surface area contributed by atoms with E-state index in [0.29, 0.717) is 0 Å². The molecule has 1 nitrogen and oxygen atoms in total. The minimum Gasteiger partial charge on any atom is -0.398 e. The number of benzene rings is 1. The summed E-state index contributed by atoms with van der Waals surface area (Å²) in [6.07, 6.45) is 0. The molecule has 0 aliphatic carbocycles. The van der Waals surface area contributed by atoms with Gasteiger partial charge in [-0.15, -0.1) is 11.3 Å². The van der Waals surface area contributed by atoms with Crippen LogP contribution in [-0.4, -0.2) is 0 Å². The summed E-state index contributed by atoms with van der Waals surface area (Å²) in [4.78, 5) is 0. The third kappa shape index (κ3) is 1.08. The lowest BCUT2D eigenvalue weighted by molar-refractivity contribution is 1.83. The average molecular weight is 184 g/mol. The fraction of sp³-hybridized carbons (Fsp3) is 0. The lowest BCUT2D eigenvalue weighted by Gasteiger charge is -1.91. The van der Waals surface area contributed by atoms with Gasteiger partial charge >= 0.3 is 0 Å². The van der Waals surface area contributed by atoms with Gasteiger partial charge in [-0.05, 0) is 18.2 Å². The zero-order chi connectivity index (χ0) is 7.84. The molecule has 0 amide bonds. The summed E-state index contributed by atoms with van der Waals surface area (Å²) in [5.41, 5.74) is 6.51. The fourth-order valence-electron chi connectivity index (χ4n) is 1.02. The molecule has 0 atom stereocenters. The molecule has 0 aliphatic rings. The number of nitrogens with two attached hydrogens (primary N) is 1. The quantitative estimate of drug-likeness (QED) is 0.667. The molecule has 1 aromatic carbocycles. The Bertz CT molecular complexity index is 394. The van der Waals surface area contributed by atoms with Crippen molar-refractivity contribution in [3.63, 3.8) is 0 Å². The number of fused-ring (bicyclic) bond motifs is 1. The zero-order valence-corrected chi connectivity index (χ0v) is 7.25. The number of anilines is 1. The van der Waals surface area contributed by atoms with Crippen LogP contribution in [0.3, 0.4) is 0 Å². The van der Waals surface area contributed by atoms with E-state index in [4.69, 9.17) is 17.3 Å². The number of rotatable bonds is 0. The number of hydrogen-bond acceptors (Lipinski definition) is 2. The lowest BCUT2D eigenvalue weighted by Crippen LogP contribution is -1.79. The lowest BCUT2D eigenvalue weighted by atomic mass is 10.2. The summed E-state index contributed by atoms with van der Waals surface area (Å²) in [5.74, 6) is 0. The van der Waals surface area contributed by atoms with E-state index in [-0.39, 0.29) is 0 Å². The van der Waals surface area contributed by atoms with E-state index in [9.17, 15) is 0 Å². The molecule has 0 aliphatic heterocycles. The Hall–Kier alpha value is -0.730. The van der Waals surface area contributed by atoms with E-state index in [1.54, 1.807) is 11.3 Å². The average Bonchev–Trinajstić information content (AvgIpc) is 2.33. The van der Waals surface area contributed by atoms with Crippen molar-refractivity contribution in [3.05, 3.63) is 28.6 Å². The first-order valence-electron chi connectivity index (χ1n) is 3.19. The van der Waals surface area contributed by atoms with Crippen molar-refractivity contribution in [2.45, 2.75) is 0 Å². The van der Waals surface area contributed by atoms with Gasteiger partial charge in [0, 0.05) is 20.5 Å². The van der Waals surface area contributed by atoms with E-state index >= 15 is 0 Å². The van der Waals surface area contributed by atoms with Crippen molar-refractivity contribution in [2.24, 2.45) is 0 Å². The molecule has 3 heteroatoms. The van der Waals surface area contributed by atoms with Gasteiger partial charge in [-0.1, -0.05) is 11.6 Å². The van der Waals surface area contributed by atoms with E-state index in [2.05, 4.69) is 0 Å². The van der Waals surface area contributed by atoms with Gasteiger partial charge in [0.25, 0.3) is 0 Å². The third-order valence-corrected chi connectivity index (χ3v) is 2.78. The largest absolute Gasteiger partial charge is 0.398 e. The van der Waals surface area contributed by atoms with Crippen molar-refractivity contribution in [1.82, 2.24) is 0 Å². The van der Waals surface area contributed by atoms with Crippen molar-refractivity contribution >= 4 is 38.7 Å². The van der Waals surface area contributed by atoms with Crippen LogP contribution in [0.15, 0.2) is 23.6 Å². The molecule has 2 aromatic rings. The molecule has 0 radical (unpaired) electrons. The molecule has 0 saturated carbocycles. The molecule has 0 fully saturated rings. The van der Waals surface area contributed by atoms with Crippen LogP contribution >= 0.6 is 22.9 Å². The van der Waals surface area contributed by atoms with Crippen molar-refractivity contribution in [1.29, 1.82) is 0 Å². The molecule has 0 unspecified atom stereocenters. The summed E-state index contributed by atoms with van der Waals surface area (Å²) in [6.45, 7) is 0. The van der Waals surface area contributed by atoms with Crippen LogP contribution in [0.2, 0.25) is 5.02 Å². The predicted octanol–water partition coefficient (Wildman–Crippen LogP) is 3.14. The van der Waals surface area contributed by atoms with E-state index in [1.807, 2.05) is 23.6 Å². The fourth-order valence-corrected chi connectivity index (χ4v) is 2.02. The standard InChI is InChI=1S/C8H6ClNS/c9-5-1-2-8-6(3-5)7(10)4-11-8/h1-4H,10H2. The van der Waals surface area contributed by atoms with Gasteiger partial charge in [0.15, 0.2) is 0 Å². The molecule has 2 N–H and O–H groups in total. The van der Waals surface area contributed by atoms with Crippen molar-refractivity contribution < 1.29 is 0 Å². The second kappa shape index (κ2) is 2.40. The Morgan fingerprint density at radius 3 is 3.00 bits per heavy atom. The monoisotopic (exact) mass is 183 g/mol. The first-order chi connectivity index (χ1) is 5.27. The maximum Gasteiger partial charge on any atom is 0.0503 e. The smallest absolute Gasteiger partial charge is 0.0503 e. The van der Waals surface area contributed by atoms with E-state index in [0.717, 1.165) is 16.1 Å². The van der Waals surface area contributed by atoms with E-state index in [1.165, 1.54) is 4.70 Å². The zero-order valence-electron chi connectivity index (χ0n) is 5.67. The second-order valence-corrected chi connectivity index (χ2v) is 3.68. The Labute approximate surface area is 73.4 Å². The van der Waals surface area contributed by atoms with Crippen molar-refractivity contribution in [3.8, 4) is 0 Å². The van der Waals surface area contributed by atoms with Crippen LogP contribution < -0.4 is 5.73 Å². The van der Waals surface area contributed by atoms with Crippen molar-refractivity contribution in [2.75, 3.05) is 5.73 Å². The minimum absolute atomic E-state index is 0.739. The number of halogens is 1. The topological polar surface area (TPSA) is 26.0 Å². The van der Waals surface area contributed by atoms with Crippen LogP contribution in [0, 0.1) is 0 Å². The molecular weight excluding hydrogens is 178 g/mol. The summed E-state index contributed by atoms with van der Waals surface area (Å²) in [7, 11) is 0. The van der Waals surface area contributed by atoms with Crippen LogP contribution in [0.4, 0.5) is 5.69 Å². The number of hydrogen-bond donors (Lipinski definition) is 1. The summed E-state index contributed by atoms with van der Waals surface area (Å²) in [6, 6.07) is 5.75. The van der Waals surface area contributed by atoms with Gasteiger partial charge in [-0.3, -0.25) is 0 Å². The van der Waals surface area contributed by atoms with Gasteiger partial charge in [0.2, 0.25) is 0 Å². The Morgan fingerprint density at radius 2 is 2.18 bits per heavy atom. The van der Waals surface area contributed by atoms with Gasteiger partial charge in [-0.25, -0.2) is 0 Å². The highest BCUT2D eigenvalue weighted by Crippen LogP contribution is 2.29. The van der Waals surface area contributed by atoms with Crippen LogP contribution in [0.25, 0.3) is 10.1 Å². The minimum atomic E-state index is 0.739.